The molecule has 0 atom stereocenters. The second kappa shape index (κ2) is 10.8. The van der Waals surface area contributed by atoms with Crippen molar-refractivity contribution in [2.24, 2.45) is 5.16 Å². The second-order valence-electron chi connectivity index (χ2n) is 2.67. The summed E-state index contributed by atoms with van der Waals surface area (Å²) >= 11 is 1.63. The third kappa shape index (κ3) is 11.4. The number of thioether (sulfide) groups is 1. The topological polar surface area (TPSA) is 50.7 Å². The van der Waals surface area contributed by atoms with Crippen molar-refractivity contribution in [3.8, 4) is 0 Å². The zero-order chi connectivity index (χ0) is 9.61. The summed E-state index contributed by atoms with van der Waals surface area (Å²) in [5, 5.41) is 5.81. The summed E-state index contributed by atoms with van der Waals surface area (Å²) in [6.45, 7) is 3.96. The number of amides is 1. The zero-order valence-corrected chi connectivity index (χ0v) is 14.6. The molecule has 0 aliphatic carbocycles. The van der Waals surface area contributed by atoms with Gasteiger partial charge in [-0.3, -0.25) is 4.84 Å². The fourth-order valence-corrected chi connectivity index (χ4v) is 0.448. The van der Waals surface area contributed by atoms with Crippen LogP contribution in [0.15, 0.2) is 5.16 Å². The molecule has 0 saturated heterocycles. The minimum Gasteiger partial charge on any atom is -1.00 e. The van der Waals surface area contributed by atoms with E-state index in [-0.39, 0.29) is 66.7 Å². The van der Waals surface area contributed by atoms with Crippen molar-refractivity contribution in [2.45, 2.75) is 18.6 Å². The maximum absolute atomic E-state index is 10.5. The molecule has 0 unspecified atom stereocenters. The Bertz CT molecular complexity index is 197. The van der Waals surface area contributed by atoms with Crippen LogP contribution in [0.1, 0.15) is 16.7 Å². The van der Waals surface area contributed by atoms with E-state index in [4.69, 9.17) is 0 Å². The molecule has 0 radical (unpaired) electrons. The summed E-state index contributed by atoms with van der Waals surface area (Å²) in [5.41, 5.74) is 0. The molecule has 0 aliphatic rings. The first-order chi connectivity index (χ1) is 5.52. The third-order valence-corrected chi connectivity index (χ3v) is 2.39. The Kier molecular flexibility index (Phi) is 15.9. The largest absolute Gasteiger partial charge is 1.00 e. The van der Waals surface area contributed by atoms with Crippen LogP contribution in [0.2, 0.25) is 0 Å². The van der Waals surface area contributed by atoms with Crippen LogP contribution in [0.3, 0.4) is 0 Å². The number of carbonyl (C=O) groups excluding carboxylic acids is 1. The molecule has 1 N–H and O–H groups in total. The number of nitrogens with one attached hydrogen (secondary N) is 1. The molecule has 0 bridgehead atoms. The molecule has 0 saturated carbocycles. The van der Waals surface area contributed by atoms with Gasteiger partial charge in [-0.15, -0.1) is 0 Å². The van der Waals surface area contributed by atoms with Crippen LogP contribution in [0.25, 0.3) is 0 Å². The van der Waals surface area contributed by atoms with Gasteiger partial charge in [-0.2, -0.15) is 11.8 Å². The number of rotatable bonds is 3. The standard InChI is InChI=1S/C7H14N2O2S.2Na.2H/c1-7(2,12-4)5-9-11-6(10)8-3;;;;/h5H,1-4H3,(H,8,10);;;;/q;2*+1;2*-1/b9-5+;;;;. The Hall–Kier alpha value is 1.29. The van der Waals surface area contributed by atoms with Crippen molar-refractivity contribution in [1.82, 2.24) is 5.32 Å². The first kappa shape index (κ1) is 20.7. The maximum atomic E-state index is 10.5. The number of hydrogen-bond donors (Lipinski definition) is 1. The van der Waals surface area contributed by atoms with Crippen LogP contribution in [0, 0.1) is 0 Å². The van der Waals surface area contributed by atoms with Gasteiger partial charge in [0.05, 0.1) is 6.21 Å². The Morgan fingerprint density at radius 2 is 2.07 bits per heavy atom. The molecular formula is C7H16N2Na2O2S. The molecular weight excluding hydrogens is 222 g/mol. The average molecular weight is 238 g/mol. The third-order valence-electron chi connectivity index (χ3n) is 1.23. The van der Waals surface area contributed by atoms with Gasteiger partial charge in [-0.05, 0) is 20.1 Å². The van der Waals surface area contributed by atoms with E-state index in [1.807, 2.05) is 20.1 Å². The van der Waals surface area contributed by atoms with Gasteiger partial charge in [0.1, 0.15) is 0 Å². The van der Waals surface area contributed by atoms with Crippen LogP contribution < -0.4 is 64.4 Å². The summed E-state index contributed by atoms with van der Waals surface area (Å²) in [6.07, 6.45) is 3.00. The molecule has 0 rings (SSSR count). The number of hydrogen-bond acceptors (Lipinski definition) is 4. The van der Waals surface area contributed by atoms with E-state index >= 15 is 0 Å². The quantitative estimate of drug-likeness (QED) is 0.234. The zero-order valence-electron chi connectivity index (χ0n) is 11.7. The minimum atomic E-state index is -0.553. The SMILES string of the molecule is CNC(=O)O/N=C/C(C)(C)SC.[H-].[H-].[Na+].[Na+]. The van der Waals surface area contributed by atoms with Crippen molar-refractivity contribution in [1.29, 1.82) is 0 Å². The van der Waals surface area contributed by atoms with E-state index in [0.717, 1.165) is 0 Å². The van der Waals surface area contributed by atoms with Crippen molar-refractivity contribution in [2.75, 3.05) is 13.3 Å². The number of nitrogens with zero attached hydrogens (tertiary/aromatic N) is 1. The van der Waals surface area contributed by atoms with Gasteiger partial charge in [0.2, 0.25) is 0 Å². The second-order valence-corrected chi connectivity index (χ2v) is 4.13. The van der Waals surface area contributed by atoms with Gasteiger partial charge < -0.3 is 8.17 Å². The first-order valence-electron chi connectivity index (χ1n) is 3.50. The van der Waals surface area contributed by atoms with Gasteiger partial charge in [-0.1, -0.05) is 5.16 Å². The monoisotopic (exact) mass is 238 g/mol. The van der Waals surface area contributed by atoms with E-state index in [2.05, 4.69) is 15.3 Å². The molecule has 1 amide bonds. The fourth-order valence-electron chi connectivity index (χ4n) is 0.299. The molecule has 0 spiro atoms. The van der Waals surface area contributed by atoms with Gasteiger partial charge in [0, 0.05) is 11.8 Å². The smallest absolute Gasteiger partial charge is 1.00 e. The van der Waals surface area contributed by atoms with Gasteiger partial charge in [0.25, 0.3) is 0 Å². The Morgan fingerprint density at radius 1 is 1.57 bits per heavy atom. The molecule has 0 fully saturated rings. The molecule has 4 nitrogen and oxygen atoms in total. The summed E-state index contributed by atoms with van der Waals surface area (Å²) in [5.74, 6) is 0. The summed E-state index contributed by atoms with van der Waals surface area (Å²) < 4.78 is -0.103. The van der Waals surface area contributed by atoms with E-state index < -0.39 is 6.09 Å². The molecule has 0 heterocycles. The Morgan fingerprint density at radius 3 is 2.43 bits per heavy atom. The van der Waals surface area contributed by atoms with Crippen molar-refractivity contribution >= 4 is 24.1 Å². The van der Waals surface area contributed by atoms with Crippen LogP contribution in [0.4, 0.5) is 4.79 Å². The average Bonchev–Trinajstić information content (AvgIpc) is 2.04. The first-order valence-corrected chi connectivity index (χ1v) is 4.72. The predicted octanol–water partition coefficient (Wildman–Crippen LogP) is -4.30. The molecule has 0 aromatic carbocycles. The van der Waals surface area contributed by atoms with Crippen LogP contribution in [-0.4, -0.2) is 30.4 Å². The molecule has 74 valence electrons. The number of oxime groups is 1. The molecule has 0 aromatic rings. The molecule has 14 heavy (non-hydrogen) atoms. The normalized spacial score (nSPS) is 10.0. The molecule has 7 heteroatoms. The Labute approximate surface area is 137 Å². The fraction of sp³-hybridized carbons (Fsp3) is 0.714. The van der Waals surface area contributed by atoms with Crippen LogP contribution in [-0.2, 0) is 4.84 Å². The predicted molar refractivity (Wildman–Crippen MR) is 53.9 cm³/mol. The Balaban J connectivity index is -0.000000101. The summed E-state index contributed by atoms with van der Waals surface area (Å²) in [4.78, 5) is 15.0. The van der Waals surface area contributed by atoms with E-state index in [1.165, 1.54) is 7.05 Å². The van der Waals surface area contributed by atoms with Crippen molar-refractivity contribution < 1.29 is 71.6 Å². The molecule has 0 aliphatic heterocycles. The van der Waals surface area contributed by atoms with Crippen LogP contribution >= 0.6 is 11.8 Å². The summed E-state index contributed by atoms with van der Waals surface area (Å²) in [7, 11) is 1.48. The van der Waals surface area contributed by atoms with Crippen molar-refractivity contribution in [3.63, 3.8) is 0 Å². The maximum Gasteiger partial charge on any atom is 1.00 e. The van der Waals surface area contributed by atoms with Gasteiger partial charge in [-0.25, -0.2) is 4.79 Å². The van der Waals surface area contributed by atoms with E-state index in [9.17, 15) is 4.79 Å². The van der Waals surface area contributed by atoms with Crippen molar-refractivity contribution in [3.05, 3.63) is 0 Å². The molecule has 0 aromatic heterocycles. The minimum absolute atomic E-state index is 0. The van der Waals surface area contributed by atoms with Crippen LogP contribution in [0.5, 0.6) is 0 Å². The van der Waals surface area contributed by atoms with E-state index in [0.29, 0.717) is 0 Å². The van der Waals surface area contributed by atoms with Gasteiger partial charge in [0.15, 0.2) is 0 Å². The van der Waals surface area contributed by atoms with E-state index in [1.54, 1.807) is 18.0 Å². The summed E-state index contributed by atoms with van der Waals surface area (Å²) in [6, 6.07) is 0. The van der Waals surface area contributed by atoms with Gasteiger partial charge >= 0.3 is 65.2 Å². The number of carbonyl (C=O) groups is 1.